The molecule has 98 valence electrons. The van der Waals surface area contributed by atoms with Gasteiger partial charge in [-0.15, -0.1) is 0 Å². The van der Waals surface area contributed by atoms with Crippen molar-refractivity contribution in [3.05, 3.63) is 28.2 Å². The lowest BCUT2D eigenvalue weighted by molar-refractivity contribution is 0.0696. The number of sulfone groups is 1. The van der Waals surface area contributed by atoms with Crippen LogP contribution < -0.4 is 0 Å². The minimum atomic E-state index is -3.56. The van der Waals surface area contributed by atoms with E-state index in [1.54, 1.807) is 0 Å². The third-order valence-electron chi connectivity index (χ3n) is 2.81. The van der Waals surface area contributed by atoms with E-state index in [0.717, 1.165) is 0 Å². The third kappa shape index (κ3) is 2.43. The summed E-state index contributed by atoms with van der Waals surface area (Å²) >= 11 is 3.15. The number of hydrogen-bond acceptors (Lipinski definition) is 4. The Balaban J connectivity index is 2.49. The normalized spacial score (nSPS) is 19.9. The average Bonchev–Trinajstić information content (AvgIpc) is 2.82. The first-order valence-electron chi connectivity index (χ1n) is 5.27. The van der Waals surface area contributed by atoms with Crippen LogP contribution in [0.3, 0.4) is 0 Å². The van der Waals surface area contributed by atoms with Gasteiger partial charge in [-0.2, -0.15) is 0 Å². The molecule has 1 aromatic rings. The minimum absolute atomic E-state index is 0.0119. The van der Waals surface area contributed by atoms with Gasteiger partial charge >= 0.3 is 5.97 Å². The Labute approximate surface area is 113 Å². The Morgan fingerprint density at radius 1 is 1.44 bits per heavy atom. The van der Waals surface area contributed by atoms with Crippen molar-refractivity contribution in [3.8, 4) is 0 Å². The largest absolute Gasteiger partial charge is 0.478 e. The maximum absolute atomic E-state index is 12.3. The summed E-state index contributed by atoms with van der Waals surface area (Å²) in [6.45, 7) is 0.576. The molecule has 0 amide bonds. The molecule has 0 saturated carbocycles. The monoisotopic (exact) mass is 334 g/mol. The van der Waals surface area contributed by atoms with Crippen molar-refractivity contribution in [2.24, 2.45) is 0 Å². The Bertz CT molecular complexity index is 575. The van der Waals surface area contributed by atoms with Gasteiger partial charge in [-0.1, -0.05) is 0 Å². The summed E-state index contributed by atoms with van der Waals surface area (Å²) in [6.07, 6.45) is 0.437. The van der Waals surface area contributed by atoms with Crippen LogP contribution in [0.15, 0.2) is 27.6 Å². The van der Waals surface area contributed by atoms with Crippen LogP contribution in [-0.2, 0) is 14.6 Å². The lowest BCUT2D eigenvalue weighted by Gasteiger charge is -2.12. The van der Waals surface area contributed by atoms with Crippen molar-refractivity contribution in [3.63, 3.8) is 0 Å². The van der Waals surface area contributed by atoms with E-state index in [9.17, 15) is 13.2 Å². The molecule has 1 fully saturated rings. The fourth-order valence-corrected chi connectivity index (χ4v) is 4.39. The summed E-state index contributed by atoms with van der Waals surface area (Å²) in [5.41, 5.74) is -0.0457. The minimum Gasteiger partial charge on any atom is -0.478 e. The molecule has 7 heteroatoms. The molecular weight excluding hydrogens is 324 g/mol. The molecule has 0 bridgehead atoms. The number of halogens is 1. The Kier molecular flexibility index (Phi) is 3.74. The molecule has 1 aliphatic rings. The molecule has 1 saturated heterocycles. The van der Waals surface area contributed by atoms with Crippen molar-refractivity contribution < 1.29 is 23.1 Å². The number of carboxylic acid groups (broad SMARTS) is 1. The number of hydrogen-bond donors (Lipinski definition) is 1. The van der Waals surface area contributed by atoms with Crippen LogP contribution in [0.1, 0.15) is 16.8 Å². The predicted molar refractivity (Wildman–Crippen MR) is 67.5 cm³/mol. The van der Waals surface area contributed by atoms with Crippen molar-refractivity contribution in [2.75, 3.05) is 13.2 Å². The number of benzene rings is 1. The van der Waals surface area contributed by atoms with E-state index in [4.69, 9.17) is 9.84 Å². The van der Waals surface area contributed by atoms with Crippen molar-refractivity contribution in [2.45, 2.75) is 16.6 Å². The van der Waals surface area contributed by atoms with E-state index < -0.39 is 21.1 Å². The second kappa shape index (κ2) is 4.99. The number of rotatable bonds is 3. The third-order valence-corrected chi connectivity index (χ3v) is 5.97. The Morgan fingerprint density at radius 2 is 2.17 bits per heavy atom. The fourth-order valence-electron chi connectivity index (χ4n) is 1.79. The van der Waals surface area contributed by atoms with E-state index >= 15 is 0 Å². The summed E-state index contributed by atoms with van der Waals surface area (Å²) in [5, 5.41) is 8.30. The summed E-state index contributed by atoms with van der Waals surface area (Å²) in [4.78, 5) is 10.9. The summed E-state index contributed by atoms with van der Waals surface area (Å²) < 4.78 is 30.1. The summed E-state index contributed by atoms with van der Waals surface area (Å²) in [6, 6.07) is 3.97. The van der Waals surface area contributed by atoms with Gasteiger partial charge in [0.2, 0.25) is 0 Å². The van der Waals surface area contributed by atoms with Crippen LogP contribution in [0.2, 0.25) is 0 Å². The molecule has 18 heavy (non-hydrogen) atoms. The Hall–Kier alpha value is -0.920. The van der Waals surface area contributed by atoms with Crippen LogP contribution in [0, 0.1) is 0 Å². The number of ether oxygens (including phenoxy) is 1. The van der Waals surface area contributed by atoms with Gasteiger partial charge in [-0.3, -0.25) is 0 Å². The summed E-state index contributed by atoms with van der Waals surface area (Å²) in [7, 11) is -3.56. The molecule has 0 spiro atoms. The van der Waals surface area contributed by atoms with E-state index in [2.05, 4.69) is 15.9 Å². The lowest BCUT2D eigenvalue weighted by atomic mass is 10.2. The maximum atomic E-state index is 12.3. The van der Waals surface area contributed by atoms with Crippen LogP contribution in [0.25, 0.3) is 0 Å². The molecule has 1 N–H and O–H groups in total. The SMILES string of the molecule is O=C(O)c1ccc(Br)c(S(=O)(=O)C2CCOC2)c1. The quantitative estimate of drug-likeness (QED) is 0.910. The van der Waals surface area contributed by atoms with Crippen molar-refractivity contribution in [1.82, 2.24) is 0 Å². The molecule has 0 radical (unpaired) electrons. The average molecular weight is 335 g/mol. The van der Waals surface area contributed by atoms with Crippen LogP contribution in [0.4, 0.5) is 0 Å². The first kappa shape index (κ1) is 13.5. The van der Waals surface area contributed by atoms with Crippen LogP contribution in [0.5, 0.6) is 0 Å². The number of carboxylic acids is 1. The molecule has 5 nitrogen and oxygen atoms in total. The molecule has 1 atom stereocenters. The lowest BCUT2D eigenvalue weighted by Crippen LogP contribution is -2.22. The summed E-state index contributed by atoms with van der Waals surface area (Å²) in [5.74, 6) is -1.15. The first-order valence-corrected chi connectivity index (χ1v) is 7.61. The first-order chi connectivity index (χ1) is 8.43. The van der Waals surface area contributed by atoms with Gasteiger partial charge in [-0.05, 0) is 40.5 Å². The van der Waals surface area contributed by atoms with E-state index in [-0.39, 0.29) is 17.1 Å². The van der Waals surface area contributed by atoms with Gasteiger partial charge in [0.15, 0.2) is 9.84 Å². The van der Waals surface area contributed by atoms with Gasteiger partial charge in [-0.25, -0.2) is 13.2 Å². The van der Waals surface area contributed by atoms with Gasteiger partial charge in [0.25, 0.3) is 0 Å². The second-order valence-electron chi connectivity index (χ2n) is 3.98. The molecule has 1 aromatic carbocycles. The van der Waals surface area contributed by atoms with E-state index in [0.29, 0.717) is 17.5 Å². The standard InChI is InChI=1S/C11H11BrO5S/c12-9-2-1-7(11(13)14)5-10(9)18(15,16)8-3-4-17-6-8/h1-2,5,8H,3-4,6H2,(H,13,14). The molecular formula is C11H11BrO5S. The molecule has 1 unspecified atom stereocenters. The predicted octanol–water partition coefficient (Wildman–Crippen LogP) is 1.71. The molecule has 1 aliphatic heterocycles. The second-order valence-corrected chi connectivity index (χ2v) is 7.03. The molecule has 2 rings (SSSR count). The van der Waals surface area contributed by atoms with Crippen molar-refractivity contribution >= 4 is 31.7 Å². The topological polar surface area (TPSA) is 80.7 Å². The smallest absolute Gasteiger partial charge is 0.335 e. The maximum Gasteiger partial charge on any atom is 0.335 e. The Morgan fingerprint density at radius 3 is 2.72 bits per heavy atom. The van der Waals surface area contributed by atoms with Crippen molar-refractivity contribution in [1.29, 1.82) is 0 Å². The van der Waals surface area contributed by atoms with Gasteiger partial charge in [0.05, 0.1) is 22.3 Å². The zero-order valence-electron chi connectivity index (χ0n) is 9.30. The van der Waals surface area contributed by atoms with Crippen LogP contribution >= 0.6 is 15.9 Å². The highest BCUT2D eigenvalue weighted by Gasteiger charge is 2.32. The highest BCUT2D eigenvalue weighted by atomic mass is 79.9. The van der Waals surface area contributed by atoms with Gasteiger partial charge in [0, 0.05) is 11.1 Å². The van der Waals surface area contributed by atoms with E-state index in [1.807, 2.05) is 0 Å². The highest BCUT2D eigenvalue weighted by molar-refractivity contribution is 9.10. The number of aromatic carboxylic acids is 1. The van der Waals surface area contributed by atoms with Gasteiger partial charge < -0.3 is 9.84 Å². The van der Waals surface area contributed by atoms with Crippen LogP contribution in [-0.4, -0.2) is 38.0 Å². The van der Waals surface area contributed by atoms with Gasteiger partial charge in [0.1, 0.15) is 0 Å². The molecule has 0 aromatic heterocycles. The molecule has 0 aliphatic carbocycles. The zero-order chi connectivity index (χ0) is 13.3. The highest BCUT2D eigenvalue weighted by Crippen LogP contribution is 2.29. The number of carbonyl (C=O) groups is 1. The fraction of sp³-hybridized carbons (Fsp3) is 0.364. The van der Waals surface area contributed by atoms with E-state index in [1.165, 1.54) is 18.2 Å². The molecule has 1 heterocycles. The zero-order valence-corrected chi connectivity index (χ0v) is 11.7.